The van der Waals surface area contributed by atoms with Gasteiger partial charge in [-0.05, 0) is 0 Å². The Hall–Kier alpha value is -1.02. The first kappa shape index (κ1) is 13.9. The van der Waals surface area contributed by atoms with Gasteiger partial charge in [0.05, 0.1) is 6.61 Å². The third kappa shape index (κ3) is 2.46. The van der Waals surface area contributed by atoms with Crippen molar-refractivity contribution in [1.29, 1.82) is 0 Å². The van der Waals surface area contributed by atoms with E-state index in [-0.39, 0.29) is 6.61 Å². The Bertz CT molecular complexity index is 437. The van der Waals surface area contributed by atoms with E-state index in [1.165, 1.54) is 7.11 Å². The van der Waals surface area contributed by atoms with Crippen LogP contribution in [0.2, 0.25) is 0 Å². The van der Waals surface area contributed by atoms with E-state index in [4.69, 9.17) is 18.9 Å². The number of ether oxygens (including phenoxy) is 4. The Labute approximate surface area is 116 Å². The predicted octanol–water partition coefficient (Wildman–Crippen LogP) is 0.194. The van der Waals surface area contributed by atoms with Crippen LogP contribution in [0.15, 0.2) is 30.3 Å². The Morgan fingerprint density at radius 2 is 1.85 bits per heavy atom. The molecule has 2 aliphatic heterocycles. The van der Waals surface area contributed by atoms with Gasteiger partial charge in [-0.25, -0.2) is 0 Å². The average molecular weight is 282 g/mol. The van der Waals surface area contributed by atoms with E-state index in [0.29, 0.717) is 0 Å². The molecule has 20 heavy (non-hydrogen) atoms. The third-order valence-electron chi connectivity index (χ3n) is 3.64. The normalized spacial score (nSPS) is 41.1. The van der Waals surface area contributed by atoms with Crippen molar-refractivity contribution in [2.75, 3.05) is 13.7 Å². The minimum Gasteiger partial charge on any atom is -0.387 e. The number of hydrogen-bond donors (Lipinski definition) is 2. The van der Waals surface area contributed by atoms with Crippen molar-refractivity contribution in [2.45, 2.75) is 37.0 Å². The Kier molecular flexibility index (Phi) is 4.02. The second-order valence-electron chi connectivity index (χ2n) is 4.94. The molecule has 0 aromatic heterocycles. The van der Waals surface area contributed by atoms with Crippen LogP contribution in [0.25, 0.3) is 0 Å². The minimum absolute atomic E-state index is 0.272. The second-order valence-corrected chi connectivity index (χ2v) is 4.94. The molecule has 0 saturated carbocycles. The maximum atomic E-state index is 10.1. The maximum absolute atomic E-state index is 10.1. The van der Waals surface area contributed by atoms with Crippen LogP contribution in [0, 0.1) is 0 Å². The molecule has 6 atom stereocenters. The Balaban J connectivity index is 1.74. The van der Waals surface area contributed by atoms with Gasteiger partial charge in [-0.15, -0.1) is 0 Å². The topological polar surface area (TPSA) is 77.4 Å². The van der Waals surface area contributed by atoms with Gasteiger partial charge in [0.25, 0.3) is 0 Å². The fourth-order valence-corrected chi connectivity index (χ4v) is 2.55. The maximum Gasteiger partial charge on any atom is 0.186 e. The predicted molar refractivity (Wildman–Crippen MR) is 67.7 cm³/mol. The summed E-state index contributed by atoms with van der Waals surface area (Å²) >= 11 is 0. The Morgan fingerprint density at radius 1 is 1.10 bits per heavy atom. The lowest BCUT2D eigenvalue weighted by molar-refractivity contribution is -0.358. The van der Waals surface area contributed by atoms with Gasteiger partial charge in [-0.1, -0.05) is 30.3 Å². The summed E-state index contributed by atoms with van der Waals surface area (Å²) in [6.45, 7) is 0.272. The van der Waals surface area contributed by atoms with E-state index in [0.717, 1.165) is 5.56 Å². The highest BCUT2D eigenvalue weighted by Crippen LogP contribution is 2.33. The van der Waals surface area contributed by atoms with Gasteiger partial charge in [0.2, 0.25) is 0 Å². The summed E-state index contributed by atoms with van der Waals surface area (Å²) in [5.41, 5.74) is 0.863. The molecule has 0 spiro atoms. The van der Waals surface area contributed by atoms with Crippen LogP contribution >= 0.6 is 0 Å². The van der Waals surface area contributed by atoms with Crippen molar-refractivity contribution in [1.82, 2.24) is 0 Å². The molecule has 2 unspecified atom stereocenters. The zero-order valence-electron chi connectivity index (χ0n) is 11.1. The molecule has 1 aromatic rings. The lowest BCUT2D eigenvalue weighted by atomic mass is 9.98. The van der Waals surface area contributed by atoms with Crippen molar-refractivity contribution < 1.29 is 29.2 Å². The molecule has 2 fully saturated rings. The van der Waals surface area contributed by atoms with Crippen LogP contribution in [0.1, 0.15) is 11.9 Å². The summed E-state index contributed by atoms with van der Waals surface area (Å²) in [5, 5.41) is 20.1. The molecule has 1 aromatic carbocycles. The van der Waals surface area contributed by atoms with E-state index >= 15 is 0 Å². The molecule has 2 aliphatic rings. The van der Waals surface area contributed by atoms with E-state index in [1.807, 2.05) is 30.3 Å². The lowest BCUT2D eigenvalue weighted by Crippen LogP contribution is -2.62. The summed E-state index contributed by atoms with van der Waals surface area (Å²) in [5.74, 6) is 0. The fraction of sp³-hybridized carbons (Fsp3) is 0.571. The van der Waals surface area contributed by atoms with Crippen LogP contribution in [0.3, 0.4) is 0 Å². The first-order valence-electron chi connectivity index (χ1n) is 6.57. The van der Waals surface area contributed by atoms with Crippen molar-refractivity contribution in [2.24, 2.45) is 0 Å². The van der Waals surface area contributed by atoms with Crippen molar-refractivity contribution >= 4 is 0 Å². The first-order valence-corrected chi connectivity index (χ1v) is 6.57. The molecule has 3 rings (SSSR count). The van der Waals surface area contributed by atoms with Crippen LogP contribution < -0.4 is 0 Å². The molecule has 2 heterocycles. The monoisotopic (exact) mass is 282 g/mol. The van der Waals surface area contributed by atoms with Crippen LogP contribution in [-0.2, 0) is 18.9 Å². The van der Waals surface area contributed by atoms with E-state index in [1.54, 1.807) is 0 Å². The van der Waals surface area contributed by atoms with Gasteiger partial charge in [0.15, 0.2) is 12.6 Å². The molecule has 6 heteroatoms. The van der Waals surface area contributed by atoms with Gasteiger partial charge >= 0.3 is 0 Å². The number of hydrogen-bond acceptors (Lipinski definition) is 6. The molecule has 0 aliphatic carbocycles. The van der Waals surface area contributed by atoms with Gasteiger partial charge < -0.3 is 29.2 Å². The summed E-state index contributed by atoms with van der Waals surface area (Å²) in [6, 6.07) is 9.45. The number of benzene rings is 1. The molecular formula is C14H18O6. The van der Waals surface area contributed by atoms with E-state index in [2.05, 4.69) is 0 Å². The van der Waals surface area contributed by atoms with Crippen molar-refractivity contribution in [3.8, 4) is 0 Å². The highest BCUT2D eigenvalue weighted by molar-refractivity contribution is 5.16. The molecule has 0 amide bonds. The minimum atomic E-state index is -1.14. The zero-order chi connectivity index (χ0) is 14.1. The summed E-state index contributed by atoms with van der Waals surface area (Å²) in [7, 11) is 1.41. The zero-order valence-corrected chi connectivity index (χ0v) is 11.1. The number of fused-ring (bicyclic) bond motifs is 1. The molecule has 0 bridgehead atoms. The van der Waals surface area contributed by atoms with Crippen molar-refractivity contribution in [3.63, 3.8) is 0 Å². The third-order valence-corrected chi connectivity index (χ3v) is 3.64. The number of aliphatic hydroxyl groups excluding tert-OH is 2. The fourth-order valence-electron chi connectivity index (χ4n) is 2.55. The highest BCUT2D eigenvalue weighted by atomic mass is 16.7. The van der Waals surface area contributed by atoms with Crippen LogP contribution in [-0.4, -0.2) is 54.6 Å². The highest BCUT2D eigenvalue weighted by Gasteiger charge is 2.48. The van der Waals surface area contributed by atoms with Gasteiger partial charge in [-0.3, -0.25) is 0 Å². The van der Waals surface area contributed by atoms with Crippen molar-refractivity contribution in [3.05, 3.63) is 35.9 Å². The second kappa shape index (κ2) is 5.77. The standard InChI is InChI=1S/C14H18O6/c1-17-14-11(16)10(15)12-9(19-14)7-18-13(20-12)8-5-3-2-4-6-8/h2-6,9-16H,7H2,1H3/t9?,10-,11+,12-,13?,14+/m1/s1. The van der Waals surface area contributed by atoms with Gasteiger partial charge in [0.1, 0.15) is 24.4 Å². The molecule has 6 nitrogen and oxygen atoms in total. The molecule has 0 radical (unpaired) electrons. The first-order chi connectivity index (χ1) is 9.70. The van der Waals surface area contributed by atoms with E-state index in [9.17, 15) is 10.2 Å². The van der Waals surface area contributed by atoms with Crippen LogP contribution in [0.4, 0.5) is 0 Å². The number of aliphatic hydroxyl groups is 2. The summed E-state index contributed by atoms with van der Waals surface area (Å²) in [4.78, 5) is 0. The summed E-state index contributed by atoms with van der Waals surface area (Å²) < 4.78 is 21.9. The molecular weight excluding hydrogens is 264 g/mol. The molecule has 2 saturated heterocycles. The number of rotatable bonds is 2. The molecule has 2 N–H and O–H groups in total. The van der Waals surface area contributed by atoms with Gasteiger partial charge in [-0.2, -0.15) is 0 Å². The Morgan fingerprint density at radius 3 is 2.55 bits per heavy atom. The van der Waals surface area contributed by atoms with Gasteiger partial charge in [0, 0.05) is 12.7 Å². The number of methoxy groups -OCH3 is 1. The van der Waals surface area contributed by atoms with E-state index < -0.39 is 37.0 Å². The average Bonchev–Trinajstić information content (AvgIpc) is 2.51. The lowest BCUT2D eigenvalue weighted by Gasteiger charge is -2.45. The van der Waals surface area contributed by atoms with Crippen LogP contribution in [0.5, 0.6) is 0 Å². The SMILES string of the molecule is CO[C@H]1OC2COC(c3ccccc3)O[C@H]2[C@H](O)[C@@H]1O. The molecule has 110 valence electrons. The quantitative estimate of drug-likeness (QED) is 0.806. The summed E-state index contributed by atoms with van der Waals surface area (Å²) in [6.07, 6.45) is -4.76. The largest absolute Gasteiger partial charge is 0.387 e. The smallest absolute Gasteiger partial charge is 0.186 e.